The fourth-order valence-corrected chi connectivity index (χ4v) is 4.32. The molecule has 0 unspecified atom stereocenters. The van der Waals surface area contributed by atoms with Gasteiger partial charge < -0.3 is 19.9 Å². The Morgan fingerprint density at radius 3 is 2.26 bits per heavy atom. The number of halogens is 1. The van der Waals surface area contributed by atoms with Crippen molar-refractivity contribution in [2.75, 3.05) is 6.61 Å². The van der Waals surface area contributed by atoms with E-state index < -0.39 is 17.9 Å². The molecule has 0 aliphatic heterocycles. The summed E-state index contributed by atoms with van der Waals surface area (Å²) in [6.07, 6.45) is 0.125. The van der Waals surface area contributed by atoms with Gasteiger partial charge in [0.05, 0.1) is 12.2 Å². The van der Waals surface area contributed by atoms with Crippen LogP contribution in [0.15, 0.2) is 102 Å². The van der Waals surface area contributed by atoms with Gasteiger partial charge in [0.2, 0.25) is 0 Å². The molecule has 4 rings (SSSR count). The SMILES string of the molecule is CC(C)COc1ccc(Br)cc1C(=O)N[C@@H](Cc1ccc(-c2ccccc2Oc2ccccc2)cc1)C(=O)O. The number of carboxylic acids is 1. The zero-order chi connectivity index (χ0) is 27.8. The molecule has 0 bridgehead atoms. The van der Waals surface area contributed by atoms with Crippen LogP contribution in [0.5, 0.6) is 17.2 Å². The van der Waals surface area contributed by atoms with Gasteiger partial charge in [0.1, 0.15) is 23.3 Å². The maximum atomic E-state index is 13.1. The van der Waals surface area contributed by atoms with Crippen LogP contribution in [-0.4, -0.2) is 29.6 Å². The minimum atomic E-state index is -1.12. The molecular weight excluding hydrogens is 558 g/mol. The van der Waals surface area contributed by atoms with Gasteiger partial charge in [-0.3, -0.25) is 4.79 Å². The molecule has 6 nitrogen and oxygen atoms in total. The van der Waals surface area contributed by atoms with E-state index >= 15 is 0 Å². The van der Waals surface area contributed by atoms with Crippen molar-refractivity contribution in [1.82, 2.24) is 5.32 Å². The van der Waals surface area contributed by atoms with E-state index in [9.17, 15) is 14.7 Å². The molecule has 2 N–H and O–H groups in total. The Bertz CT molecular complexity index is 1420. The highest BCUT2D eigenvalue weighted by atomic mass is 79.9. The molecule has 0 aliphatic rings. The molecule has 4 aromatic rings. The second kappa shape index (κ2) is 13.1. The molecule has 200 valence electrons. The van der Waals surface area contributed by atoms with E-state index in [1.807, 2.05) is 92.7 Å². The van der Waals surface area contributed by atoms with Gasteiger partial charge in [-0.25, -0.2) is 4.79 Å². The summed E-state index contributed by atoms with van der Waals surface area (Å²) in [5.41, 5.74) is 2.90. The molecule has 0 radical (unpaired) electrons. The van der Waals surface area contributed by atoms with Crippen LogP contribution in [0.25, 0.3) is 11.1 Å². The van der Waals surface area contributed by atoms with E-state index in [2.05, 4.69) is 21.2 Å². The lowest BCUT2D eigenvalue weighted by molar-refractivity contribution is -0.139. The van der Waals surface area contributed by atoms with E-state index in [4.69, 9.17) is 9.47 Å². The number of carboxylic acid groups (broad SMARTS) is 1. The molecular formula is C32H30BrNO5. The zero-order valence-electron chi connectivity index (χ0n) is 21.8. The van der Waals surface area contributed by atoms with Gasteiger partial charge in [-0.2, -0.15) is 0 Å². The van der Waals surface area contributed by atoms with Gasteiger partial charge in [0.15, 0.2) is 0 Å². The van der Waals surface area contributed by atoms with E-state index in [0.717, 1.165) is 28.2 Å². The lowest BCUT2D eigenvalue weighted by Gasteiger charge is -2.18. The molecule has 0 saturated carbocycles. The first-order valence-electron chi connectivity index (χ1n) is 12.7. The number of carbonyl (C=O) groups is 2. The first-order chi connectivity index (χ1) is 18.8. The van der Waals surface area contributed by atoms with Gasteiger partial charge in [0.25, 0.3) is 5.91 Å². The highest BCUT2D eigenvalue weighted by molar-refractivity contribution is 9.10. The Labute approximate surface area is 236 Å². The normalized spacial score (nSPS) is 11.6. The van der Waals surface area contributed by atoms with Crippen LogP contribution in [0.3, 0.4) is 0 Å². The number of rotatable bonds is 11. The summed E-state index contributed by atoms with van der Waals surface area (Å²) < 4.78 is 12.6. The predicted octanol–water partition coefficient (Wildman–Crippen LogP) is 7.37. The summed E-state index contributed by atoms with van der Waals surface area (Å²) in [5, 5.41) is 12.5. The molecule has 1 amide bonds. The van der Waals surface area contributed by atoms with Crippen molar-refractivity contribution < 1.29 is 24.2 Å². The number of hydrogen-bond acceptors (Lipinski definition) is 4. The van der Waals surface area contributed by atoms with Crippen LogP contribution < -0.4 is 14.8 Å². The summed E-state index contributed by atoms with van der Waals surface area (Å²) in [6, 6.07) is 28.9. The standard InChI is InChI=1S/C32H30BrNO5/c1-21(2)20-38-29-17-16-24(33)19-27(29)31(35)34-28(32(36)37)18-22-12-14-23(15-13-22)26-10-6-7-11-30(26)39-25-8-4-3-5-9-25/h3-17,19,21,28H,18,20H2,1-2H3,(H,34,35)(H,36,37)/t28-/m0/s1. The number of hydrogen-bond donors (Lipinski definition) is 2. The second-order valence-electron chi connectivity index (χ2n) is 9.52. The molecule has 0 aromatic heterocycles. The Balaban J connectivity index is 1.49. The van der Waals surface area contributed by atoms with Crippen LogP contribution in [0.2, 0.25) is 0 Å². The average Bonchev–Trinajstić information content (AvgIpc) is 2.93. The fourth-order valence-electron chi connectivity index (χ4n) is 3.96. The summed E-state index contributed by atoms with van der Waals surface area (Å²) in [7, 11) is 0. The molecule has 0 heterocycles. The number of aliphatic carboxylic acids is 1. The second-order valence-corrected chi connectivity index (χ2v) is 10.4. The predicted molar refractivity (Wildman–Crippen MR) is 155 cm³/mol. The molecule has 39 heavy (non-hydrogen) atoms. The number of ether oxygens (including phenoxy) is 2. The highest BCUT2D eigenvalue weighted by Crippen LogP contribution is 2.33. The number of para-hydroxylation sites is 2. The molecule has 7 heteroatoms. The van der Waals surface area contributed by atoms with Gasteiger partial charge in [-0.1, -0.05) is 90.4 Å². The van der Waals surface area contributed by atoms with E-state index in [1.165, 1.54) is 0 Å². The Morgan fingerprint density at radius 2 is 1.56 bits per heavy atom. The summed E-state index contributed by atoms with van der Waals surface area (Å²) in [6.45, 7) is 4.47. The third kappa shape index (κ3) is 7.71. The van der Waals surface area contributed by atoms with Gasteiger partial charge in [-0.15, -0.1) is 0 Å². The zero-order valence-corrected chi connectivity index (χ0v) is 23.4. The minimum absolute atomic E-state index is 0.125. The monoisotopic (exact) mass is 587 g/mol. The fraction of sp³-hybridized carbons (Fsp3) is 0.188. The van der Waals surface area contributed by atoms with Crippen molar-refractivity contribution in [2.45, 2.75) is 26.3 Å². The van der Waals surface area contributed by atoms with Crippen molar-refractivity contribution in [2.24, 2.45) is 5.92 Å². The van der Waals surface area contributed by atoms with E-state index in [1.54, 1.807) is 18.2 Å². The van der Waals surface area contributed by atoms with Crippen LogP contribution in [0.1, 0.15) is 29.8 Å². The number of carbonyl (C=O) groups excluding carboxylic acids is 1. The molecule has 0 saturated heterocycles. The average molecular weight is 588 g/mol. The van der Waals surface area contributed by atoms with Crippen molar-refractivity contribution in [3.05, 3.63) is 113 Å². The first-order valence-corrected chi connectivity index (χ1v) is 13.5. The van der Waals surface area contributed by atoms with Crippen LogP contribution >= 0.6 is 15.9 Å². The molecule has 4 aromatic carbocycles. The van der Waals surface area contributed by atoms with Gasteiger partial charge in [-0.05, 0) is 53.4 Å². The van der Waals surface area contributed by atoms with E-state index in [-0.39, 0.29) is 17.9 Å². The maximum absolute atomic E-state index is 13.1. The molecule has 1 atom stereocenters. The molecule has 0 spiro atoms. The quantitative estimate of drug-likeness (QED) is 0.191. The molecule has 0 fully saturated rings. The van der Waals surface area contributed by atoms with Gasteiger partial charge in [0, 0.05) is 16.5 Å². The number of benzene rings is 4. The lowest BCUT2D eigenvalue weighted by Crippen LogP contribution is -2.42. The largest absolute Gasteiger partial charge is 0.492 e. The Hall–Kier alpha value is -4.10. The topological polar surface area (TPSA) is 84.9 Å². The minimum Gasteiger partial charge on any atom is -0.492 e. The van der Waals surface area contributed by atoms with Crippen LogP contribution in [-0.2, 0) is 11.2 Å². The third-order valence-electron chi connectivity index (χ3n) is 5.92. The smallest absolute Gasteiger partial charge is 0.326 e. The molecule has 0 aliphatic carbocycles. The van der Waals surface area contributed by atoms with Crippen molar-refractivity contribution >= 4 is 27.8 Å². The van der Waals surface area contributed by atoms with E-state index in [0.29, 0.717) is 16.8 Å². The first kappa shape index (κ1) is 27.9. The van der Waals surface area contributed by atoms with Gasteiger partial charge >= 0.3 is 5.97 Å². The van der Waals surface area contributed by atoms with Crippen LogP contribution in [0, 0.1) is 5.92 Å². The highest BCUT2D eigenvalue weighted by Gasteiger charge is 2.23. The van der Waals surface area contributed by atoms with Crippen molar-refractivity contribution in [3.8, 4) is 28.4 Å². The lowest BCUT2D eigenvalue weighted by atomic mass is 9.99. The summed E-state index contributed by atoms with van der Waals surface area (Å²) in [4.78, 5) is 25.2. The number of amides is 1. The summed E-state index contributed by atoms with van der Waals surface area (Å²) >= 11 is 3.38. The maximum Gasteiger partial charge on any atom is 0.326 e. The Morgan fingerprint density at radius 1 is 0.872 bits per heavy atom. The van der Waals surface area contributed by atoms with Crippen molar-refractivity contribution in [3.63, 3.8) is 0 Å². The van der Waals surface area contributed by atoms with Crippen molar-refractivity contribution in [1.29, 1.82) is 0 Å². The third-order valence-corrected chi connectivity index (χ3v) is 6.42. The summed E-state index contributed by atoms with van der Waals surface area (Å²) in [5.74, 6) is 0.520. The number of nitrogens with one attached hydrogen (secondary N) is 1. The van der Waals surface area contributed by atoms with Crippen LogP contribution in [0.4, 0.5) is 0 Å². The Kier molecular flexibility index (Phi) is 9.39.